The molecule has 0 amide bonds. The Morgan fingerprint density at radius 1 is 0.913 bits per heavy atom. The maximum atomic E-state index is 11.6. The molecule has 0 spiro atoms. The highest BCUT2D eigenvalue weighted by Gasteiger charge is 2.37. The number of rotatable bonds is 14. The summed E-state index contributed by atoms with van der Waals surface area (Å²) in [5, 5.41) is 19.9. The fourth-order valence-corrected chi connectivity index (χ4v) is 2.96. The highest BCUT2D eigenvalue weighted by Crippen LogP contribution is 2.22. The molecule has 0 aliphatic carbocycles. The van der Waals surface area contributed by atoms with Crippen LogP contribution in [-0.4, -0.2) is 39.8 Å². The lowest BCUT2D eigenvalue weighted by molar-refractivity contribution is -0.895. The Kier molecular flexibility index (Phi) is 11.8. The summed E-state index contributed by atoms with van der Waals surface area (Å²) in [7, 11) is 0. The average Bonchev–Trinajstić information content (AvgIpc) is 2.53. The van der Waals surface area contributed by atoms with Crippen LogP contribution in [0.1, 0.15) is 85.5 Å². The molecule has 4 heteroatoms. The SMILES string of the molecule is CCCCCC/C(O)=C/[N+](CCCC)(CCCC)C(C)C(=O)O. The summed E-state index contributed by atoms with van der Waals surface area (Å²) in [5.41, 5.74) is 0. The van der Waals surface area contributed by atoms with Crippen LogP contribution >= 0.6 is 0 Å². The molecule has 0 radical (unpaired) electrons. The fourth-order valence-electron chi connectivity index (χ4n) is 2.96. The lowest BCUT2D eigenvalue weighted by atomic mass is 10.1. The molecule has 0 aliphatic heterocycles. The van der Waals surface area contributed by atoms with E-state index in [4.69, 9.17) is 0 Å². The number of aliphatic hydroxyl groups is 1. The van der Waals surface area contributed by atoms with Gasteiger partial charge in [0.1, 0.15) is 12.0 Å². The number of carboxylic acid groups (broad SMARTS) is 1. The van der Waals surface area contributed by atoms with Gasteiger partial charge < -0.3 is 10.2 Å². The molecule has 1 unspecified atom stereocenters. The second kappa shape index (κ2) is 12.4. The predicted octanol–water partition coefficient (Wildman–Crippen LogP) is 5.25. The molecule has 0 aliphatic rings. The van der Waals surface area contributed by atoms with Crippen LogP contribution in [0, 0.1) is 0 Å². The van der Waals surface area contributed by atoms with Gasteiger partial charge in [0.25, 0.3) is 0 Å². The summed E-state index contributed by atoms with van der Waals surface area (Å²) in [6.07, 6.45) is 11.0. The number of carbonyl (C=O) groups is 1. The molecule has 0 rings (SSSR count). The first-order chi connectivity index (χ1) is 10.9. The molecule has 0 aromatic carbocycles. The summed E-state index contributed by atoms with van der Waals surface area (Å²) in [6, 6.07) is -0.522. The molecular weight excluding hydrogens is 290 g/mol. The van der Waals surface area contributed by atoms with Crippen molar-refractivity contribution in [3.05, 3.63) is 12.0 Å². The Hall–Kier alpha value is -1.03. The molecule has 0 fully saturated rings. The molecule has 4 nitrogen and oxygen atoms in total. The van der Waals surface area contributed by atoms with E-state index in [1.54, 1.807) is 6.92 Å². The number of quaternary nitrogens is 1. The number of carboxylic acids is 1. The predicted molar refractivity (Wildman–Crippen MR) is 96.4 cm³/mol. The minimum atomic E-state index is -0.785. The van der Waals surface area contributed by atoms with E-state index >= 15 is 0 Å². The third kappa shape index (κ3) is 8.40. The first-order valence-corrected chi connectivity index (χ1v) is 9.43. The van der Waals surface area contributed by atoms with E-state index in [0.717, 1.165) is 51.6 Å². The summed E-state index contributed by atoms with van der Waals surface area (Å²) in [5.74, 6) is -0.423. The Morgan fingerprint density at radius 2 is 1.43 bits per heavy atom. The lowest BCUT2D eigenvalue weighted by Crippen LogP contribution is -2.54. The molecule has 2 N–H and O–H groups in total. The fraction of sp³-hybridized carbons (Fsp3) is 0.842. The van der Waals surface area contributed by atoms with Gasteiger partial charge >= 0.3 is 5.97 Å². The van der Waals surface area contributed by atoms with Crippen LogP contribution < -0.4 is 0 Å². The van der Waals surface area contributed by atoms with Gasteiger partial charge in [-0.3, -0.25) is 4.48 Å². The largest absolute Gasteiger partial charge is 0.507 e. The normalized spacial score (nSPS) is 14.0. The third-order valence-electron chi connectivity index (χ3n) is 4.68. The van der Waals surface area contributed by atoms with E-state index < -0.39 is 12.0 Å². The van der Waals surface area contributed by atoms with Crippen molar-refractivity contribution in [2.24, 2.45) is 0 Å². The minimum Gasteiger partial charge on any atom is -0.507 e. The Balaban J connectivity index is 5.20. The molecule has 1 atom stereocenters. The molecule has 0 bridgehead atoms. The Bertz CT molecular complexity index is 345. The number of nitrogens with zero attached hydrogens (tertiary/aromatic N) is 1. The second-order valence-electron chi connectivity index (χ2n) is 6.70. The van der Waals surface area contributed by atoms with Crippen molar-refractivity contribution in [2.75, 3.05) is 13.1 Å². The number of aliphatic hydroxyl groups excluding tert-OH is 1. The van der Waals surface area contributed by atoms with Crippen molar-refractivity contribution in [3.63, 3.8) is 0 Å². The number of hydrogen-bond donors (Lipinski definition) is 2. The van der Waals surface area contributed by atoms with Crippen molar-refractivity contribution < 1.29 is 19.5 Å². The first kappa shape index (κ1) is 22.0. The summed E-state index contributed by atoms with van der Waals surface area (Å²) >= 11 is 0. The Labute approximate surface area is 142 Å². The molecule has 0 heterocycles. The van der Waals surface area contributed by atoms with Gasteiger partial charge in [0, 0.05) is 6.42 Å². The smallest absolute Gasteiger partial charge is 0.362 e. The van der Waals surface area contributed by atoms with Crippen molar-refractivity contribution in [1.82, 2.24) is 0 Å². The van der Waals surface area contributed by atoms with Gasteiger partial charge in [0.05, 0.1) is 13.1 Å². The van der Waals surface area contributed by atoms with Gasteiger partial charge in [-0.1, -0.05) is 52.9 Å². The van der Waals surface area contributed by atoms with Crippen LogP contribution in [0.25, 0.3) is 0 Å². The number of unbranched alkanes of at least 4 members (excludes halogenated alkanes) is 5. The summed E-state index contributed by atoms with van der Waals surface area (Å²) in [4.78, 5) is 11.6. The minimum absolute atomic E-state index is 0.362. The van der Waals surface area contributed by atoms with Gasteiger partial charge in [-0.05, 0) is 26.2 Å². The van der Waals surface area contributed by atoms with Crippen LogP contribution in [0.15, 0.2) is 12.0 Å². The molecule has 0 aromatic rings. The van der Waals surface area contributed by atoms with Gasteiger partial charge in [-0.25, -0.2) is 4.79 Å². The topological polar surface area (TPSA) is 57.5 Å². The van der Waals surface area contributed by atoms with Crippen LogP contribution in [0.5, 0.6) is 0 Å². The zero-order valence-electron chi connectivity index (χ0n) is 15.7. The van der Waals surface area contributed by atoms with Gasteiger partial charge in [-0.15, -0.1) is 0 Å². The second-order valence-corrected chi connectivity index (χ2v) is 6.70. The highest BCUT2D eigenvalue weighted by atomic mass is 16.4. The molecular formula is C19H38NO3+. The number of aliphatic carboxylic acids is 1. The van der Waals surface area contributed by atoms with Crippen LogP contribution in [0.2, 0.25) is 0 Å². The van der Waals surface area contributed by atoms with Crippen molar-refractivity contribution in [1.29, 1.82) is 0 Å². The van der Waals surface area contributed by atoms with Gasteiger partial charge in [0.15, 0.2) is 6.04 Å². The summed E-state index contributed by atoms with van der Waals surface area (Å²) < 4.78 is 0.372. The average molecular weight is 329 g/mol. The molecule has 23 heavy (non-hydrogen) atoms. The van der Waals surface area contributed by atoms with Crippen molar-refractivity contribution >= 4 is 5.97 Å². The van der Waals surface area contributed by atoms with E-state index in [0.29, 0.717) is 16.7 Å². The first-order valence-electron chi connectivity index (χ1n) is 9.43. The number of allylic oxidation sites excluding steroid dienone is 1. The lowest BCUT2D eigenvalue weighted by Gasteiger charge is -2.38. The van der Waals surface area contributed by atoms with E-state index in [2.05, 4.69) is 20.8 Å². The van der Waals surface area contributed by atoms with Crippen molar-refractivity contribution in [3.8, 4) is 0 Å². The molecule has 0 saturated heterocycles. The van der Waals surface area contributed by atoms with Crippen LogP contribution in [0.3, 0.4) is 0 Å². The van der Waals surface area contributed by atoms with Crippen molar-refractivity contribution in [2.45, 2.75) is 91.5 Å². The highest BCUT2D eigenvalue weighted by molar-refractivity contribution is 5.71. The maximum absolute atomic E-state index is 11.6. The zero-order chi connectivity index (χ0) is 17.7. The molecule has 0 saturated carbocycles. The maximum Gasteiger partial charge on any atom is 0.362 e. The van der Waals surface area contributed by atoms with Crippen LogP contribution in [0.4, 0.5) is 0 Å². The quantitative estimate of drug-likeness (QED) is 0.260. The molecule has 136 valence electrons. The van der Waals surface area contributed by atoms with Gasteiger partial charge in [0.2, 0.25) is 0 Å². The third-order valence-corrected chi connectivity index (χ3v) is 4.68. The monoisotopic (exact) mass is 328 g/mol. The zero-order valence-corrected chi connectivity index (χ0v) is 15.7. The number of hydrogen-bond acceptors (Lipinski definition) is 2. The van der Waals surface area contributed by atoms with Gasteiger partial charge in [-0.2, -0.15) is 0 Å². The van der Waals surface area contributed by atoms with E-state index in [-0.39, 0.29) is 0 Å². The van der Waals surface area contributed by atoms with E-state index in [1.807, 2.05) is 6.20 Å². The van der Waals surface area contributed by atoms with E-state index in [1.165, 1.54) is 12.8 Å². The molecule has 0 aromatic heterocycles. The van der Waals surface area contributed by atoms with Crippen LogP contribution in [-0.2, 0) is 4.79 Å². The Morgan fingerprint density at radius 3 is 1.87 bits per heavy atom. The standard InChI is InChI=1S/C19H37NO3/c1-5-8-11-12-13-18(21)16-20(14-9-6-2,15-10-7-3)17(4)19(22)23/h16-17H,5-15H2,1-4H3,(H-,21,22,23)/p+1/b18-16-. The summed E-state index contributed by atoms with van der Waals surface area (Å²) in [6.45, 7) is 9.74. The van der Waals surface area contributed by atoms with E-state index in [9.17, 15) is 15.0 Å².